The van der Waals surface area contributed by atoms with Crippen LogP contribution in [-0.2, 0) is 4.79 Å². The number of aryl methyl sites for hydroxylation is 1. The first kappa shape index (κ1) is 17.7. The Kier molecular flexibility index (Phi) is 5.25. The van der Waals surface area contributed by atoms with E-state index >= 15 is 0 Å². The summed E-state index contributed by atoms with van der Waals surface area (Å²) in [6.45, 7) is 2.67. The number of aromatic nitrogens is 1. The van der Waals surface area contributed by atoms with E-state index in [1.54, 1.807) is 19.4 Å². The van der Waals surface area contributed by atoms with Crippen LogP contribution < -0.4 is 4.74 Å². The number of aliphatic carboxylic acids is 1. The van der Waals surface area contributed by atoms with Gasteiger partial charge in [0.05, 0.1) is 18.8 Å². The van der Waals surface area contributed by atoms with Gasteiger partial charge in [0, 0.05) is 23.3 Å². The zero-order valence-electron chi connectivity index (χ0n) is 14.3. The molecule has 1 fully saturated rings. The Morgan fingerprint density at radius 3 is 2.92 bits per heavy atom. The first-order valence-electron chi connectivity index (χ1n) is 8.26. The van der Waals surface area contributed by atoms with Crippen LogP contribution in [0.3, 0.4) is 0 Å². The van der Waals surface area contributed by atoms with Gasteiger partial charge >= 0.3 is 5.97 Å². The second-order valence-corrected chi connectivity index (χ2v) is 6.66. The number of carboxylic acid groups (broad SMARTS) is 1. The number of likely N-dealkylation sites (tertiary alicyclic amines) is 1. The van der Waals surface area contributed by atoms with Crippen LogP contribution in [0.5, 0.6) is 5.75 Å². The van der Waals surface area contributed by atoms with Gasteiger partial charge in [0.2, 0.25) is 0 Å². The van der Waals surface area contributed by atoms with E-state index in [0.717, 1.165) is 23.2 Å². The molecular formula is C19H21ClN2O3. The molecule has 5 nitrogen and oxygen atoms in total. The summed E-state index contributed by atoms with van der Waals surface area (Å²) in [4.78, 5) is 18.3. The number of carboxylic acids is 1. The Hall–Kier alpha value is -2.11. The number of rotatable bonds is 5. The van der Waals surface area contributed by atoms with Gasteiger partial charge < -0.3 is 9.84 Å². The second-order valence-electron chi connectivity index (χ2n) is 6.23. The van der Waals surface area contributed by atoms with E-state index in [2.05, 4.69) is 4.98 Å². The molecule has 1 aliphatic rings. The summed E-state index contributed by atoms with van der Waals surface area (Å²) in [5, 5.41) is 10.2. The molecule has 1 aromatic heterocycles. The van der Waals surface area contributed by atoms with Crippen molar-refractivity contribution in [2.24, 2.45) is 0 Å². The van der Waals surface area contributed by atoms with Gasteiger partial charge in [0.15, 0.2) is 0 Å². The number of hydrogen-bond acceptors (Lipinski definition) is 4. The second kappa shape index (κ2) is 7.42. The molecule has 0 amide bonds. The average molecular weight is 361 g/mol. The number of nitrogens with zero attached hydrogens (tertiary/aromatic N) is 2. The van der Waals surface area contributed by atoms with Crippen LogP contribution in [0.2, 0.25) is 5.02 Å². The molecular weight excluding hydrogens is 340 g/mol. The summed E-state index contributed by atoms with van der Waals surface area (Å²) in [7, 11) is 1.60. The molecule has 2 unspecified atom stereocenters. The summed E-state index contributed by atoms with van der Waals surface area (Å²) in [6.07, 6.45) is 3.20. The third kappa shape index (κ3) is 3.48. The first-order chi connectivity index (χ1) is 12.0. The lowest BCUT2D eigenvalue weighted by atomic mass is 9.96. The highest BCUT2D eigenvalue weighted by Crippen LogP contribution is 2.40. The molecule has 6 heteroatoms. The minimum Gasteiger partial charge on any atom is -0.496 e. The van der Waals surface area contributed by atoms with Gasteiger partial charge in [-0.05, 0) is 49.6 Å². The largest absolute Gasteiger partial charge is 0.496 e. The van der Waals surface area contributed by atoms with Crippen molar-refractivity contribution in [1.29, 1.82) is 0 Å². The zero-order valence-corrected chi connectivity index (χ0v) is 15.0. The lowest BCUT2D eigenvalue weighted by Crippen LogP contribution is -2.40. The summed E-state index contributed by atoms with van der Waals surface area (Å²) >= 11 is 6.24. The molecule has 132 valence electrons. The monoisotopic (exact) mass is 360 g/mol. The van der Waals surface area contributed by atoms with Crippen molar-refractivity contribution in [1.82, 2.24) is 9.88 Å². The Bertz CT molecular complexity index is 781. The highest BCUT2D eigenvalue weighted by Gasteiger charge is 2.39. The molecule has 1 saturated heterocycles. The van der Waals surface area contributed by atoms with E-state index in [1.807, 2.05) is 36.1 Å². The van der Waals surface area contributed by atoms with Crippen molar-refractivity contribution in [3.05, 3.63) is 58.4 Å². The van der Waals surface area contributed by atoms with Crippen LogP contribution in [-0.4, -0.2) is 40.7 Å². The average Bonchev–Trinajstić information content (AvgIpc) is 3.07. The van der Waals surface area contributed by atoms with Crippen LogP contribution in [0, 0.1) is 6.92 Å². The van der Waals surface area contributed by atoms with E-state index in [9.17, 15) is 9.90 Å². The zero-order chi connectivity index (χ0) is 18.0. The van der Waals surface area contributed by atoms with Crippen LogP contribution in [0.1, 0.15) is 35.7 Å². The quantitative estimate of drug-likeness (QED) is 0.881. The molecule has 1 aromatic carbocycles. The maximum Gasteiger partial charge on any atom is 0.320 e. The van der Waals surface area contributed by atoms with Gasteiger partial charge in [0.1, 0.15) is 11.8 Å². The van der Waals surface area contributed by atoms with Crippen molar-refractivity contribution in [3.63, 3.8) is 0 Å². The number of hydrogen-bond donors (Lipinski definition) is 1. The standard InChI is InChI=1S/C19H21ClN2O3/c1-12-5-3-9-21-17(12)18(22-10-4-6-15(22)19(23)24)14-11-13(20)7-8-16(14)25-2/h3,5,7-9,11,15,18H,4,6,10H2,1-2H3,(H,23,24). The summed E-state index contributed by atoms with van der Waals surface area (Å²) in [5.41, 5.74) is 2.67. The number of carbonyl (C=O) groups is 1. The number of pyridine rings is 1. The van der Waals surface area contributed by atoms with Gasteiger partial charge in [-0.25, -0.2) is 0 Å². The van der Waals surface area contributed by atoms with Gasteiger partial charge in [-0.3, -0.25) is 14.7 Å². The molecule has 2 aromatic rings. The van der Waals surface area contributed by atoms with Crippen molar-refractivity contribution >= 4 is 17.6 Å². The predicted molar refractivity (Wildman–Crippen MR) is 96.2 cm³/mol. The highest BCUT2D eigenvalue weighted by atomic mass is 35.5. The van der Waals surface area contributed by atoms with Crippen molar-refractivity contribution in [2.45, 2.75) is 31.8 Å². The summed E-state index contributed by atoms with van der Waals surface area (Å²) in [5.74, 6) is -0.132. The van der Waals surface area contributed by atoms with E-state index < -0.39 is 12.0 Å². The molecule has 0 aliphatic carbocycles. The topological polar surface area (TPSA) is 62.7 Å². The molecule has 2 heterocycles. The molecule has 0 saturated carbocycles. The molecule has 0 spiro atoms. The maximum atomic E-state index is 11.8. The fourth-order valence-electron chi connectivity index (χ4n) is 3.55. The van der Waals surface area contributed by atoms with Gasteiger partial charge in [0.25, 0.3) is 0 Å². The van der Waals surface area contributed by atoms with Gasteiger partial charge in [-0.1, -0.05) is 17.7 Å². The maximum absolute atomic E-state index is 11.8. The Morgan fingerprint density at radius 2 is 2.24 bits per heavy atom. The minimum atomic E-state index is -0.808. The minimum absolute atomic E-state index is 0.321. The van der Waals surface area contributed by atoms with Crippen LogP contribution in [0.4, 0.5) is 0 Å². The van der Waals surface area contributed by atoms with E-state index in [1.165, 1.54) is 0 Å². The summed E-state index contributed by atoms with van der Waals surface area (Å²) in [6, 6.07) is 8.42. The first-order valence-corrected chi connectivity index (χ1v) is 8.64. The molecule has 25 heavy (non-hydrogen) atoms. The van der Waals surface area contributed by atoms with Gasteiger partial charge in [-0.15, -0.1) is 0 Å². The number of halogens is 1. The third-order valence-corrected chi connectivity index (χ3v) is 4.94. The van der Waals surface area contributed by atoms with E-state index in [0.29, 0.717) is 23.7 Å². The Labute approximate surface area is 152 Å². The Balaban J connectivity index is 2.18. The fraction of sp³-hybridized carbons (Fsp3) is 0.368. The fourth-order valence-corrected chi connectivity index (χ4v) is 3.73. The van der Waals surface area contributed by atoms with Gasteiger partial charge in [-0.2, -0.15) is 0 Å². The molecule has 1 N–H and O–H groups in total. The lowest BCUT2D eigenvalue weighted by molar-refractivity contribution is -0.142. The molecule has 2 atom stereocenters. The summed E-state index contributed by atoms with van der Waals surface area (Å²) < 4.78 is 5.54. The number of ether oxygens (including phenoxy) is 1. The van der Waals surface area contributed by atoms with Crippen molar-refractivity contribution < 1.29 is 14.6 Å². The number of methoxy groups -OCH3 is 1. The smallest absolute Gasteiger partial charge is 0.320 e. The van der Waals surface area contributed by atoms with Crippen LogP contribution in [0.25, 0.3) is 0 Å². The molecule has 1 aliphatic heterocycles. The number of benzene rings is 1. The third-order valence-electron chi connectivity index (χ3n) is 4.71. The lowest BCUT2D eigenvalue weighted by Gasteiger charge is -2.32. The molecule has 0 bridgehead atoms. The van der Waals surface area contributed by atoms with Crippen LogP contribution >= 0.6 is 11.6 Å². The highest BCUT2D eigenvalue weighted by molar-refractivity contribution is 6.30. The predicted octanol–water partition coefficient (Wildman–Crippen LogP) is 3.69. The Morgan fingerprint density at radius 1 is 1.44 bits per heavy atom. The van der Waals surface area contributed by atoms with E-state index in [-0.39, 0.29) is 6.04 Å². The molecule has 3 rings (SSSR count). The van der Waals surface area contributed by atoms with Crippen molar-refractivity contribution in [2.75, 3.05) is 13.7 Å². The van der Waals surface area contributed by atoms with Crippen LogP contribution in [0.15, 0.2) is 36.5 Å². The SMILES string of the molecule is COc1ccc(Cl)cc1C(c1ncccc1C)N1CCCC1C(=O)O. The molecule has 0 radical (unpaired) electrons. The van der Waals surface area contributed by atoms with E-state index in [4.69, 9.17) is 16.3 Å². The van der Waals surface area contributed by atoms with Crippen molar-refractivity contribution in [3.8, 4) is 5.75 Å². The normalized spacial score (nSPS) is 18.9.